The Hall–Kier alpha value is -2.29. The lowest BCUT2D eigenvalue weighted by atomic mass is 9.80. The van der Waals surface area contributed by atoms with E-state index in [0.717, 1.165) is 18.2 Å². The minimum atomic E-state index is -3.90. The summed E-state index contributed by atoms with van der Waals surface area (Å²) in [6.07, 6.45) is 0. The number of likely N-dealkylation sites (tertiary alicyclic amines) is 1. The molecule has 31 heavy (non-hydrogen) atoms. The van der Waals surface area contributed by atoms with Gasteiger partial charge in [-0.1, -0.05) is 36.4 Å². The van der Waals surface area contributed by atoms with Gasteiger partial charge in [-0.3, -0.25) is 9.69 Å². The number of aryl methyl sites for hydroxylation is 1. The van der Waals surface area contributed by atoms with Crippen molar-refractivity contribution < 1.29 is 17.6 Å². The lowest BCUT2D eigenvalue weighted by Gasteiger charge is -2.31. The molecule has 2 fully saturated rings. The third-order valence-corrected chi connectivity index (χ3v) is 8.45. The average Bonchev–Trinajstić information content (AvgIpc) is 3.25. The number of benzene rings is 2. The minimum absolute atomic E-state index is 0.0268. The van der Waals surface area contributed by atoms with Crippen LogP contribution in [0.2, 0.25) is 0 Å². The van der Waals surface area contributed by atoms with Crippen LogP contribution in [0.4, 0.5) is 4.39 Å². The van der Waals surface area contributed by atoms with Crippen molar-refractivity contribution in [2.75, 3.05) is 40.3 Å². The zero-order valence-corrected chi connectivity index (χ0v) is 18.9. The number of rotatable bonds is 5. The van der Waals surface area contributed by atoms with Crippen LogP contribution < -0.4 is 0 Å². The van der Waals surface area contributed by atoms with Gasteiger partial charge in [0.25, 0.3) is 0 Å². The molecule has 0 spiro atoms. The molecule has 2 heterocycles. The summed E-state index contributed by atoms with van der Waals surface area (Å²) in [5.74, 6) is -0.756. The zero-order chi connectivity index (χ0) is 22.4. The summed E-state index contributed by atoms with van der Waals surface area (Å²) in [6, 6.07) is 13.9. The molecule has 2 saturated heterocycles. The van der Waals surface area contributed by atoms with Gasteiger partial charge in [0.1, 0.15) is 5.82 Å². The number of nitrogens with zero attached hydrogens (tertiary/aromatic N) is 3. The molecule has 8 heteroatoms. The summed E-state index contributed by atoms with van der Waals surface area (Å²) in [4.78, 5) is 17.1. The van der Waals surface area contributed by atoms with Crippen LogP contribution in [0.1, 0.15) is 11.1 Å². The SMILES string of the molecule is Cc1ccc(F)cc1S(=O)(=O)N1C[C@@H]2CN(Cc3ccccc3)C[C@]2(C(=O)N(C)C)C1. The van der Waals surface area contributed by atoms with Crippen LogP contribution in [0.15, 0.2) is 53.4 Å². The van der Waals surface area contributed by atoms with Crippen molar-refractivity contribution in [3.05, 3.63) is 65.5 Å². The van der Waals surface area contributed by atoms with Gasteiger partial charge in [-0.25, -0.2) is 12.8 Å². The number of carbonyl (C=O) groups excluding carboxylic acids is 1. The number of carbonyl (C=O) groups is 1. The molecule has 0 aliphatic carbocycles. The first-order chi connectivity index (χ1) is 14.6. The molecule has 2 aromatic carbocycles. The molecule has 4 rings (SSSR count). The normalized spacial score (nSPS) is 24.3. The van der Waals surface area contributed by atoms with Gasteiger partial charge in [-0.15, -0.1) is 0 Å². The van der Waals surface area contributed by atoms with Crippen LogP contribution >= 0.6 is 0 Å². The van der Waals surface area contributed by atoms with Crippen molar-refractivity contribution in [3.8, 4) is 0 Å². The highest BCUT2D eigenvalue weighted by Crippen LogP contribution is 2.46. The first kappa shape index (κ1) is 21.9. The fraction of sp³-hybridized carbons (Fsp3) is 0.435. The summed E-state index contributed by atoms with van der Waals surface area (Å²) in [7, 11) is -0.483. The quantitative estimate of drug-likeness (QED) is 0.709. The third kappa shape index (κ3) is 3.88. The Kier molecular flexibility index (Phi) is 5.66. The Balaban J connectivity index is 1.63. The van der Waals surface area contributed by atoms with E-state index < -0.39 is 21.3 Å². The Morgan fingerprint density at radius 2 is 1.84 bits per heavy atom. The maximum atomic E-state index is 13.8. The third-order valence-electron chi connectivity index (χ3n) is 6.50. The number of hydrogen-bond donors (Lipinski definition) is 0. The molecular formula is C23H28FN3O3S. The van der Waals surface area contributed by atoms with Crippen LogP contribution in [0, 0.1) is 24.1 Å². The molecule has 166 valence electrons. The van der Waals surface area contributed by atoms with E-state index in [1.54, 1.807) is 25.9 Å². The van der Waals surface area contributed by atoms with Gasteiger partial charge in [-0.05, 0) is 30.2 Å². The molecule has 6 nitrogen and oxygen atoms in total. The molecule has 1 amide bonds. The molecule has 0 saturated carbocycles. The number of hydrogen-bond acceptors (Lipinski definition) is 4. The first-order valence-electron chi connectivity index (χ1n) is 10.4. The summed E-state index contributed by atoms with van der Waals surface area (Å²) in [5.41, 5.74) is 0.860. The van der Waals surface area contributed by atoms with Gasteiger partial charge in [0, 0.05) is 52.7 Å². The second-order valence-corrected chi connectivity index (χ2v) is 10.8. The number of fused-ring (bicyclic) bond motifs is 1. The largest absolute Gasteiger partial charge is 0.348 e. The van der Waals surface area contributed by atoms with Gasteiger partial charge in [0.2, 0.25) is 15.9 Å². The van der Waals surface area contributed by atoms with Gasteiger partial charge >= 0.3 is 0 Å². The van der Waals surface area contributed by atoms with Gasteiger partial charge < -0.3 is 4.90 Å². The number of amides is 1. The molecule has 2 atom stereocenters. The zero-order valence-electron chi connectivity index (χ0n) is 18.1. The van der Waals surface area contributed by atoms with Crippen LogP contribution in [0.3, 0.4) is 0 Å². The molecule has 2 aromatic rings. The summed E-state index contributed by atoms with van der Waals surface area (Å²) in [6.45, 7) is 3.88. The topological polar surface area (TPSA) is 60.9 Å². The molecule has 2 aliphatic rings. The van der Waals surface area contributed by atoms with Crippen molar-refractivity contribution in [2.24, 2.45) is 11.3 Å². The predicted octanol–water partition coefficient (Wildman–Crippen LogP) is 2.35. The second-order valence-electron chi connectivity index (χ2n) is 8.92. The number of halogens is 1. The smallest absolute Gasteiger partial charge is 0.243 e. The van der Waals surface area contributed by atoms with E-state index in [9.17, 15) is 17.6 Å². The molecule has 0 aromatic heterocycles. The number of sulfonamides is 1. The molecule has 0 radical (unpaired) electrons. The van der Waals surface area contributed by atoms with Crippen LogP contribution in [0.25, 0.3) is 0 Å². The van der Waals surface area contributed by atoms with E-state index in [1.165, 1.54) is 16.4 Å². The molecule has 0 N–H and O–H groups in total. The van der Waals surface area contributed by atoms with E-state index in [0.29, 0.717) is 18.7 Å². The van der Waals surface area contributed by atoms with Crippen LogP contribution in [0.5, 0.6) is 0 Å². The molecule has 0 unspecified atom stereocenters. The fourth-order valence-corrected chi connectivity index (χ4v) is 6.80. The first-order valence-corrected chi connectivity index (χ1v) is 11.8. The molecular weight excluding hydrogens is 417 g/mol. The highest BCUT2D eigenvalue weighted by atomic mass is 32.2. The van der Waals surface area contributed by atoms with Crippen molar-refractivity contribution in [3.63, 3.8) is 0 Å². The fourth-order valence-electron chi connectivity index (χ4n) is 5.01. The molecule has 0 bridgehead atoms. The predicted molar refractivity (Wildman–Crippen MR) is 116 cm³/mol. The Labute approximate surface area is 183 Å². The van der Waals surface area contributed by atoms with E-state index >= 15 is 0 Å². The van der Waals surface area contributed by atoms with E-state index in [4.69, 9.17) is 0 Å². The summed E-state index contributed by atoms with van der Waals surface area (Å²) in [5, 5.41) is 0. The Morgan fingerprint density at radius 1 is 1.13 bits per heavy atom. The van der Waals surface area contributed by atoms with Crippen molar-refractivity contribution >= 4 is 15.9 Å². The summed E-state index contributed by atoms with van der Waals surface area (Å²) < 4.78 is 41.9. The maximum absolute atomic E-state index is 13.8. The lowest BCUT2D eigenvalue weighted by Crippen LogP contribution is -2.47. The highest BCUT2D eigenvalue weighted by Gasteiger charge is 2.59. The Bertz CT molecular complexity index is 1090. The van der Waals surface area contributed by atoms with Crippen LogP contribution in [-0.4, -0.2) is 68.7 Å². The highest BCUT2D eigenvalue weighted by molar-refractivity contribution is 7.89. The lowest BCUT2D eigenvalue weighted by molar-refractivity contribution is -0.139. The van der Waals surface area contributed by atoms with Crippen molar-refractivity contribution in [2.45, 2.75) is 18.4 Å². The monoisotopic (exact) mass is 445 g/mol. The van der Waals surface area contributed by atoms with E-state index in [1.807, 2.05) is 18.2 Å². The van der Waals surface area contributed by atoms with Gasteiger partial charge in [-0.2, -0.15) is 4.31 Å². The standard InChI is InChI=1S/C23H28FN3O3S/c1-17-9-10-20(24)11-21(17)31(29,30)27-14-19-13-26(12-18-7-5-4-6-8-18)15-23(19,16-27)22(28)25(2)3/h4-11,19H,12-16H2,1-3H3/t19-,23-/m0/s1. The average molecular weight is 446 g/mol. The van der Waals surface area contributed by atoms with Gasteiger partial charge in [0.05, 0.1) is 10.3 Å². The van der Waals surface area contributed by atoms with E-state index in [2.05, 4.69) is 17.0 Å². The van der Waals surface area contributed by atoms with Crippen molar-refractivity contribution in [1.29, 1.82) is 0 Å². The second kappa shape index (κ2) is 8.00. The maximum Gasteiger partial charge on any atom is 0.243 e. The molecule has 2 aliphatic heterocycles. The Morgan fingerprint density at radius 3 is 2.52 bits per heavy atom. The summed E-state index contributed by atoms with van der Waals surface area (Å²) >= 11 is 0. The van der Waals surface area contributed by atoms with E-state index in [-0.39, 0.29) is 29.8 Å². The minimum Gasteiger partial charge on any atom is -0.348 e. The van der Waals surface area contributed by atoms with Crippen molar-refractivity contribution in [1.82, 2.24) is 14.1 Å². The van der Waals surface area contributed by atoms with Gasteiger partial charge in [0.15, 0.2) is 0 Å². The van der Waals surface area contributed by atoms with Crippen LogP contribution in [-0.2, 0) is 21.4 Å².